The molecular weight excluding hydrogens is 239 g/mol. The van der Waals surface area contributed by atoms with E-state index in [1.807, 2.05) is 12.1 Å². The zero-order valence-corrected chi connectivity index (χ0v) is 10.3. The lowest BCUT2D eigenvalue weighted by atomic mass is 10.1. The Morgan fingerprint density at radius 3 is 2.29 bits per heavy atom. The lowest BCUT2D eigenvalue weighted by molar-refractivity contribution is 0.415. The molecule has 1 nitrogen and oxygen atoms in total. The van der Waals surface area contributed by atoms with Crippen molar-refractivity contribution in [2.24, 2.45) is 0 Å². The first kappa shape index (κ1) is 12.0. The smallest absolute Gasteiger partial charge is 0.156 e. The van der Waals surface area contributed by atoms with Crippen molar-refractivity contribution < 1.29 is 4.74 Å². The molecule has 1 aromatic rings. The molecule has 0 aliphatic carbocycles. The molecule has 0 bridgehead atoms. The highest BCUT2D eigenvalue weighted by atomic mass is 35.5. The van der Waals surface area contributed by atoms with E-state index in [9.17, 15) is 0 Å². The number of aryl methyl sites for hydroxylation is 1. The maximum absolute atomic E-state index is 5.99. The van der Waals surface area contributed by atoms with Crippen molar-refractivity contribution in [3.63, 3.8) is 0 Å². The predicted octanol–water partition coefficient (Wildman–Crippen LogP) is 3.86. The third kappa shape index (κ3) is 2.97. The highest BCUT2D eigenvalue weighted by Gasteiger charge is 2.07. The molecule has 0 heterocycles. The van der Waals surface area contributed by atoms with Crippen LogP contribution >= 0.6 is 35.8 Å². The van der Waals surface area contributed by atoms with Gasteiger partial charge in [0, 0.05) is 0 Å². The Balaban J connectivity index is 2.90. The summed E-state index contributed by atoms with van der Waals surface area (Å²) in [6.45, 7) is 0. The summed E-state index contributed by atoms with van der Waals surface area (Å²) in [6.07, 6.45) is 1.95. The van der Waals surface area contributed by atoms with Crippen LogP contribution in [-0.4, -0.2) is 12.9 Å². The van der Waals surface area contributed by atoms with Crippen molar-refractivity contribution in [1.29, 1.82) is 0 Å². The van der Waals surface area contributed by atoms with Crippen LogP contribution < -0.4 is 4.74 Å². The molecule has 78 valence electrons. The number of hydrogen-bond acceptors (Lipinski definition) is 2. The van der Waals surface area contributed by atoms with Crippen LogP contribution in [0.3, 0.4) is 0 Å². The van der Waals surface area contributed by atoms with Gasteiger partial charge in [-0.25, -0.2) is 0 Å². The molecule has 0 aliphatic rings. The molecule has 0 spiro atoms. The molecule has 0 saturated carbocycles. The summed E-state index contributed by atoms with van der Waals surface area (Å²) in [6, 6.07) is 3.77. The number of benzene rings is 1. The van der Waals surface area contributed by atoms with Crippen LogP contribution in [0.2, 0.25) is 10.0 Å². The van der Waals surface area contributed by atoms with E-state index in [0.29, 0.717) is 15.8 Å². The second-order valence-corrected chi connectivity index (χ2v) is 4.18. The van der Waals surface area contributed by atoms with E-state index in [0.717, 1.165) is 24.2 Å². The number of ether oxygens (including phenoxy) is 1. The summed E-state index contributed by atoms with van der Waals surface area (Å²) < 4.78 is 5.06. The Morgan fingerprint density at radius 1 is 1.29 bits per heavy atom. The molecule has 0 aliphatic heterocycles. The summed E-state index contributed by atoms with van der Waals surface area (Å²) in [5, 5.41) is 1.13. The van der Waals surface area contributed by atoms with E-state index in [1.54, 1.807) is 7.11 Å². The molecule has 0 atom stereocenters. The fourth-order valence-corrected chi connectivity index (χ4v) is 2.08. The topological polar surface area (TPSA) is 9.23 Å². The van der Waals surface area contributed by atoms with Crippen LogP contribution in [0.25, 0.3) is 0 Å². The van der Waals surface area contributed by atoms with Crippen LogP contribution in [-0.2, 0) is 6.42 Å². The van der Waals surface area contributed by atoms with Gasteiger partial charge in [0.15, 0.2) is 5.75 Å². The Labute approximate surface area is 99.8 Å². The van der Waals surface area contributed by atoms with Crippen LogP contribution in [0.5, 0.6) is 5.75 Å². The van der Waals surface area contributed by atoms with E-state index in [-0.39, 0.29) is 0 Å². The fraction of sp³-hybridized carbons (Fsp3) is 0.400. The maximum atomic E-state index is 5.99. The van der Waals surface area contributed by atoms with Gasteiger partial charge in [-0.1, -0.05) is 23.2 Å². The Bertz CT molecular complexity index is 292. The first-order valence-corrected chi connectivity index (χ1v) is 5.70. The van der Waals surface area contributed by atoms with Gasteiger partial charge in [-0.2, -0.15) is 12.6 Å². The molecule has 0 aromatic heterocycles. The molecule has 0 fully saturated rings. The van der Waals surface area contributed by atoms with E-state index in [2.05, 4.69) is 12.6 Å². The van der Waals surface area contributed by atoms with Crippen molar-refractivity contribution in [2.75, 3.05) is 12.9 Å². The van der Waals surface area contributed by atoms with Crippen LogP contribution in [0.4, 0.5) is 0 Å². The van der Waals surface area contributed by atoms with Crippen LogP contribution in [0, 0.1) is 0 Å². The first-order valence-electron chi connectivity index (χ1n) is 4.31. The van der Waals surface area contributed by atoms with Crippen LogP contribution in [0.1, 0.15) is 12.0 Å². The Kier molecular flexibility index (Phi) is 4.93. The summed E-state index contributed by atoms with van der Waals surface area (Å²) in [7, 11) is 1.56. The highest BCUT2D eigenvalue weighted by molar-refractivity contribution is 7.80. The van der Waals surface area contributed by atoms with Gasteiger partial charge in [0.25, 0.3) is 0 Å². The summed E-state index contributed by atoms with van der Waals surface area (Å²) in [5.41, 5.74) is 1.12. The molecule has 0 amide bonds. The summed E-state index contributed by atoms with van der Waals surface area (Å²) >= 11 is 16.1. The summed E-state index contributed by atoms with van der Waals surface area (Å²) in [4.78, 5) is 0. The van der Waals surface area contributed by atoms with Gasteiger partial charge in [0.05, 0.1) is 17.2 Å². The van der Waals surface area contributed by atoms with Crippen molar-refractivity contribution in [3.05, 3.63) is 27.7 Å². The largest absolute Gasteiger partial charge is 0.494 e. The van der Waals surface area contributed by atoms with E-state index >= 15 is 0 Å². The van der Waals surface area contributed by atoms with Crippen molar-refractivity contribution in [2.45, 2.75) is 12.8 Å². The first-order chi connectivity index (χ1) is 6.69. The second-order valence-electron chi connectivity index (χ2n) is 2.92. The molecule has 4 heteroatoms. The monoisotopic (exact) mass is 250 g/mol. The molecule has 0 radical (unpaired) electrons. The van der Waals surface area contributed by atoms with E-state index < -0.39 is 0 Å². The highest BCUT2D eigenvalue weighted by Crippen LogP contribution is 2.34. The lowest BCUT2D eigenvalue weighted by Gasteiger charge is -2.08. The van der Waals surface area contributed by atoms with Crippen molar-refractivity contribution in [1.82, 2.24) is 0 Å². The van der Waals surface area contributed by atoms with Gasteiger partial charge in [0.2, 0.25) is 0 Å². The average Bonchev–Trinajstić information content (AvgIpc) is 2.14. The SMILES string of the molecule is COc1c(Cl)cc(CCCS)cc1Cl. The minimum Gasteiger partial charge on any atom is -0.494 e. The molecular formula is C10H12Cl2OS. The third-order valence-electron chi connectivity index (χ3n) is 1.89. The molecule has 1 aromatic carbocycles. The van der Waals surface area contributed by atoms with Gasteiger partial charge in [-0.05, 0) is 36.3 Å². The van der Waals surface area contributed by atoms with Gasteiger partial charge in [-0.15, -0.1) is 0 Å². The van der Waals surface area contributed by atoms with Gasteiger partial charge < -0.3 is 4.74 Å². The molecule has 0 N–H and O–H groups in total. The average molecular weight is 251 g/mol. The molecule has 1 rings (SSSR count). The number of hydrogen-bond donors (Lipinski definition) is 1. The van der Waals surface area contributed by atoms with Crippen molar-refractivity contribution in [3.8, 4) is 5.75 Å². The zero-order chi connectivity index (χ0) is 10.6. The number of halogens is 2. The van der Waals surface area contributed by atoms with Crippen LogP contribution in [0.15, 0.2) is 12.1 Å². The Hall–Kier alpha value is -0.0500. The fourth-order valence-electron chi connectivity index (χ4n) is 1.23. The normalized spacial score (nSPS) is 10.3. The van der Waals surface area contributed by atoms with Gasteiger partial charge >= 0.3 is 0 Å². The molecule has 14 heavy (non-hydrogen) atoms. The minimum absolute atomic E-state index is 0.544. The number of methoxy groups -OCH3 is 1. The molecule has 0 saturated heterocycles. The minimum atomic E-state index is 0.544. The quantitative estimate of drug-likeness (QED) is 0.799. The summed E-state index contributed by atoms with van der Waals surface area (Å²) in [5.74, 6) is 1.41. The van der Waals surface area contributed by atoms with Gasteiger partial charge in [-0.3, -0.25) is 0 Å². The van der Waals surface area contributed by atoms with Crippen molar-refractivity contribution >= 4 is 35.8 Å². The third-order valence-corrected chi connectivity index (χ3v) is 2.76. The second kappa shape index (κ2) is 5.74. The maximum Gasteiger partial charge on any atom is 0.156 e. The number of rotatable bonds is 4. The van der Waals surface area contributed by atoms with E-state index in [1.165, 1.54) is 0 Å². The Morgan fingerprint density at radius 2 is 1.86 bits per heavy atom. The molecule has 0 unspecified atom stereocenters. The van der Waals surface area contributed by atoms with Gasteiger partial charge in [0.1, 0.15) is 0 Å². The van der Waals surface area contributed by atoms with E-state index in [4.69, 9.17) is 27.9 Å². The number of thiol groups is 1. The zero-order valence-electron chi connectivity index (χ0n) is 7.89. The predicted molar refractivity (Wildman–Crippen MR) is 65.2 cm³/mol. The standard InChI is InChI=1S/C10H12Cl2OS/c1-13-10-8(11)5-7(3-2-4-14)6-9(10)12/h5-6,14H,2-4H2,1H3. The lowest BCUT2D eigenvalue weighted by Crippen LogP contribution is -1.90.